The number of hydrogen-bond acceptors (Lipinski definition) is 5. The number of nitrogens with zero attached hydrogens (tertiary/aromatic N) is 3. The maximum absolute atomic E-state index is 12.6. The molecule has 0 N–H and O–H groups in total. The van der Waals surface area contributed by atoms with Crippen LogP contribution in [-0.2, 0) is 12.8 Å². The van der Waals surface area contributed by atoms with Crippen molar-refractivity contribution in [1.29, 1.82) is 0 Å². The van der Waals surface area contributed by atoms with Crippen molar-refractivity contribution >= 4 is 0 Å². The lowest BCUT2D eigenvalue weighted by molar-refractivity contribution is -0.274. The van der Waals surface area contributed by atoms with Crippen LogP contribution in [0.2, 0.25) is 0 Å². The molecule has 0 unspecified atom stereocenters. The number of methoxy groups -OCH3 is 2. The van der Waals surface area contributed by atoms with Crippen molar-refractivity contribution in [2.24, 2.45) is 0 Å². The van der Waals surface area contributed by atoms with Crippen LogP contribution in [-0.4, -0.2) is 35.3 Å². The molecule has 3 aromatic rings. The lowest BCUT2D eigenvalue weighted by Gasteiger charge is -2.17. The molecule has 0 saturated carbocycles. The van der Waals surface area contributed by atoms with Crippen molar-refractivity contribution in [3.8, 4) is 34.3 Å². The predicted molar refractivity (Wildman–Crippen MR) is 110 cm³/mol. The number of pyridine rings is 1. The van der Waals surface area contributed by atoms with Gasteiger partial charge >= 0.3 is 6.36 Å². The summed E-state index contributed by atoms with van der Waals surface area (Å²) in [6, 6.07) is 7.83. The molecule has 31 heavy (non-hydrogen) atoms. The molecule has 2 aromatic heterocycles. The second-order valence-corrected chi connectivity index (χ2v) is 6.84. The molecule has 0 amide bonds. The van der Waals surface area contributed by atoms with Crippen molar-refractivity contribution < 1.29 is 27.4 Å². The molecule has 3 rings (SSSR count). The Bertz CT molecular complexity index is 1080. The predicted octanol–water partition coefficient (Wildman–Crippen LogP) is 5.28. The van der Waals surface area contributed by atoms with Gasteiger partial charge in [0.15, 0.2) is 0 Å². The lowest BCUT2D eigenvalue weighted by Crippen LogP contribution is -2.17. The standard InChI is InChI=1S/C22H24F3N3O3/c1-6-14-11-15(7-2)28(27-14)18-10-13(3)20(26-21(18)30-5)17-9-8-16(12-19(17)29-4)31-22(23,24)25/h8-12H,6-7H2,1-5H3. The number of alkyl halides is 3. The Kier molecular flexibility index (Phi) is 6.42. The number of benzene rings is 1. The molecule has 1 aromatic carbocycles. The van der Waals surface area contributed by atoms with E-state index in [0.717, 1.165) is 29.8 Å². The minimum Gasteiger partial charge on any atom is -0.496 e. The van der Waals surface area contributed by atoms with Crippen molar-refractivity contribution in [1.82, 2.24) is 14.8 Å². The van der Waals surface area contributed by atoms with E-state index in [9.17, 15) is 13.2 Å². The highest BCUT2D eigenvalue weighted by Gasteiger charge is 2.31. The highest BCUT2D eigenvalue weighted by Crippen LogP contribution is 2.38. The second-order valence-electron chi connectivity index (χ2n) is 6.84. The average Bonchev–Trinajstić information content (AvgIpc) is 3.16. The first-order valence-electron chi connectivity index (χ1n) is 9.78. The molecule has 9 heteroatoms. The molecule has 0 aliphatic carbocycles. The van der Waals surface area contributed by atoms with Gasteiger partial charge in [-0.15, -0.1) is 13.2 Å². The largest absolute Gasteiger partial charge is 0.573 e. The van der Waals surface area contributed by atoms with Gasteiger partial charge in [-0.25, -0.2) is 9.67 Å². The molecule has 2 heterocycles. The third-order valence-corrected chi connectivity index (χ3v) is 4.80. The summed E-state index contributed by atoms with van der Waals surface area (Å²) in [7, 11) is 2.89. The van der Waals surface area contributed by atoms with Gasteiger partial charge in [0, 0.05) is 17.3 Å². The molecule has 0 bridgehead atoms. The van der Waals surface area contributed by atoms with Gasteiger partial charge in [-0.3, -0.25) is 0 Å². The average molecular weight is 435 g/mol. The first kappa shape index (κ1) is 22.5. The van der Waals surface area contributed by atoms with E-state index >= 15 is 0 Å². The van der Waals surface area contributed by atoms with Crippen LogP contribution < -0.4 is 14.2 Å². The van der Waals surface area contributed by atoms with Gasteiger partial charge < -0.3 is 14.2 Å². The van der Waals surface area contributed by atoms with Gasteiger partial charge in [0.25, 0.3) is 0 Å². The molecule has 6 nitrogen and oxygen atoms in total. The summed E-state index contributed by atoms with van der Waals surface area (Å²) in [5.74, 6) is 0.179. The van der Waals surface area contributed by atoms with Gasteiger partial charge in [0.1, 0.15) is 17.2 Å². The van der Waals surface area contributed by atoms with Crippen LogP contribution in [0.25, 0.3) is 16.9 Å². The van der Waals surface area contributed by atoms with E-state index in [1.165, 1.54) is 32.4 Å². The summed E-state index contributed by atoms with van der Waals surface area (Å²) >= 11 is 0. The lowest BCUT2D eigenvalue weighted by atomic mass is 10.0. The molecule has 166 valence electrons. The maximum atomic E-state index is 12.6. The zero-order valence-corrected chi connectivity index (χ0v) is 18.0. The van der Waals surface area contributed by atoms with Gasteiger partial charge in [0.05, 0.1) is 25.6 Å². The van der Waals surface area contributed by atoms with Crippen LogP contribution in [0.5, 0.6) is 17.4 Å². The third kappa shape index (κ3) is 4.76. The molecule has 0 saturated heterocycles. The van der Waals surface area contributed by atoms with Gasteiger partial charge in [0.2, 0.25) is 5.88 Å². The Morgan fingerprint density at radius 3 is 2.32 bits per heavy atom. The Morgan fingerprint density at radius 2 is 1.74 bits per heavy atom. The van der Waals surface area contributed by atoms with Crippen LogP contribution >= 0.6 is 0 Å². The van der Waals surface area contributed by atoms with Gasteiger partial charge in [-0.2, -0.15) is 5.10 Å². The zero-order chi connectivity index (χ0) is 22.8. The van der Waals surface area contributed by atoms with Crippen LogP contribution in [0.15, 0.2) is 30.3 Å². The zero-order valence-electron chi connectivity index (χ0n) is 18.0. The molecule has 0 fully saturated rings. The number of aryl methyl sites for hydroxylation is 3. The maximum Gasteiger partial charge on any atom is 0.573 e. The molecule has 0 aliphatic heterocycles. The Morgan fingerprint density at radius 1 is 1.00 bits per heavy atom. The topological polar surface area (TPSA) is 58.4 Å². The molecular formula is C22H24F3N3O3. The summed E-state index contributed by atoms with van der Waals surface area (Å²) in [4.78, 5) is 4.63. The third-order valence-electron chi connectivity index (χ3n) is 4.80. The minimum absolute atomic E-state index is 0.203. The van der Waals surface area contributed by atoms with Gasteiger partial charge in [-0.05, 0) is 49.6 Å². The van der Waals surface area contributed by atoms with Crippen LogP contribution in [0.1, 0.15) is 30.8 Å². The molecule has 0 aliphatic rings. The normalized spacial score (nSPS) is 11.5. The number of halogens is 3. The second kappa shape index (κ2) is 8.87. The van der Waals surface area contributed by atoms with Crippen molar-refractivity contribution in [3.63, 3.8) is 0 Å². The van der Waals surface area contributed by atoms with E-state index in [-0.39, 0.29) is 11.5 Å². The first-order chi connectivity index (χ1) is 14.7. The van der Waals surface area contributed by atoms with Crippen LogP contribution in [0.4, 0.5) is 13.2 Å². The SMILES string of the molecule is CCc1cc(CC)n(-c2cc(C)c(-c3ccc(OC(F)(F)F)cc3OC)nc2OC)n1. The van der Waals surface area contributed by atoms with Crippen molar-refractivity contribution in [2.75, 3.05) is 14.2 Å². The highest BCUT2D eigenvalue weighted by atomic mass is 19.4. The first-order valence-corrected chi connectivity index (χ1v) is 9.78. The van der Waals surface area contributed by atoms with Crippen molar-refractivity contribution in [3.05, 3.63) is 47.3 Å². The van der Waals surface area contributed by atoms with Gasteiger partial charge in [-0.1, -0.05) is 13.8 Å². The highest BCUT2D eigenvalue weighted by molar-refractivity contribution is 5.73. The van der Waals surface area contributed by atoms with E-state index in [0.29, 0.717) is 22.8 Å². The number of ether oxygens (including phenoxy) is 3. The van der Waals surface area contributed by atoms with Crippen molar-refractivity contribution in [2.45, 2.75) is 40.0 Å². The van der Waals surface area contributed by atoms with E-state index in [1.807, 2.05) is 37.6 Å². The Hall–Kier alpha value is -3.23. The fourth-order valence-corrected chi connectivity index (χ4v) is 3.33. The molecule has 0 spiro atoms. The fraction of sp³-hybridized carbons (Fsp3) is 0.364. The summed E-state index contributed by atoms with van der Waals surface area (Å²) in [5, 5.41) is 4.65. The van der Waals surface area contributed by atoms with E-state index in [4.69, 9.17) is 9.47 Å². The minimum atomic E-state index is -4.79. The van der Waals surface area contributed by atoms with E-state index in [2.05, 4.69) is 14.8 Å². The molecular weight excluding hydrogens is 411 g/mol. The molecule has 0 radical (unpaired) electrons. The van der Waals surface area contributed by atoms with E-state index < -0.39 is 6.36 Å². The van der Waals surface area contributed by atoms with E-state index in [1.54, 1.807) is 0 Å². The smallest absolute Gasteiger partial charge is 0.496 e. The molecule has 0 atom stereocenters. The quantitative estimate of drug-likeness (QED) is 0.505. The Labute approximate surface area is 178 Å². The number of rotatable bonds is 7. The monoisotopic (exact) mass is 435 g/mol. The summed E-state index contributed by atoms with van der Waals surface area (Å²) < 4.78 is 54.3. The van der Waals surface area contributed by atoms with Crippen LogP contribution in [0, 0.1) is 6.92 Å². The fourth-order valence-electron chi connectivity index (χ4n) is 3.33. The summed E-state index contributed by atoms with van der Waals surface area (Å²) in [6.45, 7) is 5.94. The number of hydrogen-bond donors (Lipinski definition) is 0. The van der Waals surface area contributed by atoms with Crippen LogP contribution in [0.3, 0.4) is 0 Å². The number of aromatic nitrogens is 3. The Balaban J connectivity index is 2.11. The summed E-state index contributed by atoms with van der Waals surface area (Å²) in [6.07, 6.45) is -3.20. The summed E-state index contributed by atoms with van der Waals surface area (Å²) in [5.41, 5.74) is 4.50.